The second-order valence-electron chi connectivity index (χ2n) is 9.87. The third-order valence-corrected chi connectivity index (χ3v) is 7.52. The number of ether oxygens (including phenoxy) is 2. The summed E-state index contributed by atoms with van der Waals surface area (Å²) in [6, 6.07) is 27.8. The summed E-state index contributed by atoms with van der Waals surface area (Å²) in [6.07, 6.45) is 3.83. The van der Waals surface area contributed by atoms with Gasteiger partial charge in [-0.2, -0.15) is 15.0 Å². The molecule has 0 saturated heterocycles. The summed E-state index contributed by atoms with van der Waals surface area (Å²) >= 11 is 3.49. The number of benzene rings is 4. The molecule has 0 saturated carbocycles. The molecule has 9 heteroatoms. The Morgan fingerprint density at radius 1 is 1.07 bits per heavy atom. The lowest BCUT2D eigenvalue weighted by Crippen LogP contribution is -2.20. The molecule has 0 N–H and O–H groups in total. The van der Waals surface area contributed by atoms with Crippen molar-refractivity contribution in [3.8, 4) is 29.2 Å². The van der Waals surface area contributed by atoms with Crippen molar-refractivity contribution in [2.75, 3.05) is 7.11 Å². The molecule has 0 radical (unpaired) electrons. The highest BCUT2D eigenvalue weighted by Gasteiger charge is 2.18. The highest BCUT2D eigenvalue weighted by molar-refractivity contribution is 9.10. The molecule has 8 nitrogen and oxygen atoms in total. The third kappa shape index (κ3) is 5.63. The maximum Gasteiger partial charge on any atom is 0.282 e. The molecule has 2 aromatic heterocycles. The SMILES string of the molecule is C=CCc1cc(C=Nn2c(-c3cc4cc(Br)ccc4o3)nc3ccccc3c2=O)cc(OC)c1OCc1ccccc1C#N. The van der Waals surface area contributed by atoms with E-state index in [0.717, 1.165) is 21.0 Å². The average Bonchev–Trinajstić information content (AvgIpc) is 3.47. The lowest BCUT2D eigenvalue weighted by molar-refractivity contribution is 0.281. The van der Waals surface area contributed by atoms with Gasteiger partial charge in [-0.05, 0) is 66.6 Å². The smallest absolute Gasteiger partial charge is 0.282 e. The van der Waals surface area contributed by atoms with Gasteiger partial charge in [0.25, 0.3) is 5.56 Å². The Bertz CT molecular complexity index is 2170. The molecule has 0 aliphatic rings. The van der Waals surface area contributed by atoms with Crippen molar-refractivity contribution in [1.29, 1.82) is 5.26 Å². The molecule has 0 bridgehead atoms. The van der Waals surface area contributed by atoms with Crippen molar-refractivity contribution < 1.29 is 13.9 Å². The van der Waals surface area contributed by atoms with Gasteiger partial charge < -0.3 is 13.9 Å². The number of hydrogen-bond acceptors (Lipinski definition) is 7. The summed E-state index contributed by atoms with van der Waals surface area (Å²) in [5.41, 5.74) is 3.65. The van der Waals surface area contributed by atoms with Gasteiger partial charge in [0, 0.05) is 21.0 Å². The van der Waals surface area contributed by atoms with Gasteiger partial charge in [-0.15, -0.1) is 6.58 Å². The molecule has 0 amide bonds. The minimum atomic E-state index is -0.335. The Labute approximate surface area is 261 Å². The van der Waals surface area contributed by atoms with Crippen LogP contribution in [0.15, 0.2) is 116 Å². The topological polar surface area (TPSA) is 103 Å². The van der Waals surface area contributed by atoms with Gasteiger partial charge in [-0.1, -0.05) is 52.3 Å². The van der Waals surface area contributed by atoms with E-state index in [2.05, 4.69) is 33.7 Å². The molecule has 6 rings (SSSR count). The molecule has 0 aliphatic heterocycles. The van der Waals surface area contributed by atoms with E-state index >= 15 is 0 Å². The first-order valence-electron chi connectivity index (χ1n) is 13.7. The number of halogens is 1. The molecule has 0 unspecified atom stereocenters. The Kier molecular flexibility index (Phi) is 8.08. The maximum absolute atomic E-state index is 13.7. The van der Waals surface area contributed by atoms with Crippen LogP contribution < -0.4 is 15.0 Å². The van der Waals surface area contributed by atoms with Crippen LogP contribution in [0, 0.1) is 11.3 Å². The van der Waals surface area contributed by atoms with Crippen LogP contribution in [0.3, 0.4) is 0 Å². The number of methoxy groups -OCH3 is 1. The third-order valence-electron chi connectivity index (χ3n) is 7.02. The second-order valence-corrected chi connectivity index (χ2v) is 10.8. The molecule has 0 atom stereocenters. The van der Waals surface area contributed by atoms with Crippen LogP contribution in [0.2, 0.25) is 0 Å². The van der Waals surface area contributed by atoms with Crippen molar-refractivity contribution in [2.24, 2.45) is 5.10 Å². The van der Waals surface area contributed by atoms with E-state index in [1.165, 1.54) is 4.68 Å². The molecule has 0 spiro atoms. The molecule has 44 heavy (non-hydrogen) atoms. The summed E-state index contributed by atoms with van der Waals surface area (Å²) in [6.45, 7) is 4.08. The summed E-state index contributed by atoms with van der Waals surface area (Å²) in [7, 11) is 1.56. The highest BCUT2D eigenvalue weighted by atomic mass is 79.9. The standard InChI is InChI=1S/C35H25BrN4O4/c1-3-8-23-15-22(16-31(42-2)33(23)43-21-25-10-5-4-9-24(25)19-37)20-38-40-34(39-29-12-7-6-11-28(29)35(40)41)32-18-26-17-27(36)13-14-30(26)44-32/h3-7,9-18,20H,1,8,21H2,2H3. The van der Waals surface area contributed by atoms with Crippen molar-refractivity contribution in [3.63, 3.8) is 0 Å². The normalized spacial score (nSPS) is 11.2. The molecule has 6 aromatic rings. The zero-order chi connectivity index (χ0) is 30.6. The van der Waals surface area contributed by atoms with Crippen molar-refractivity contribution in [1.82, 2.24) is 9.66 Å². The fourth-order valence-electron chi connectivity index (χ4n) is 4.92. The summed E-state index contributed by atoms with van der Waals surface area (Å²) in [5.74, 6) is 1.69. The van der Waals surface area contributed by atoms with Crippen LogP contribution in [0.5, 0.6) is 11.5 Å². The van der Waals surface area contributed by atoms with Gasteiger partial charge in [-0.3, -0.25) is 4.79 Å². The van der Waals surface area contributed by atoms with Gasteiger partial charge in [0.15, 0.2) is 17.3 Å². The monoisotopic (exact) mass is 644 g/mol. The molecule has 0 fully saturated rings. The Balaban J connectivity index is 1.43. The fraction of sp³-hybridized carbons (Fsp3) is 0.0857. The number of rotatable bonds is 9. The van der Waals surface area contributed by atoms with Crippen molar-refractivity contribution in [3.05, 3.63) is 135 Å². The molecule has 0 aliphatic carbocycles. The quantitative estimate of drug-likeness (QED) is 0.118. The van der Waals surface area contributed by atoms with Gasteiger partial charge in [0.1, 0.15) is 12.2 Å². The van der Waals surface area contributed by atoms with E-state index < -0.39 is 0 Å². The summed E-state index contributed by atoms with van der Waals surface area (Å²) in [5, 5.41) is 15.4. The number of nitrogens with zero attached hydrogens (tertiary/aromatic N) is 4. The first-order chi connectivity index (χ1) is 21.5. The predicted molar refractivity (Wildman–Crippen MR) is 174 cm³/mol. The van der Waals surface area contributed by atoms with E-state index in [1.54, 1.807) is 49.7 Å². The Morgan fingerprint density at radius 2 is 1.89 bits per heavy atom. The Morgan fingerprint density at radius 3 is 2.70 bits per heavy atom. The molecular formula is C35H25BrN4O4. The number of aromatic nitrogens is 2. The van der Waals surface area contributed by atoms with Crippen LogP contribution in [0.1, 0.15) is 22.3 Å². The molecular weight excluding hydrogens is 620 g/mol. The summed E-state index contributed by atoms with van der Waals surface area (Å²) < 4.78 is 20.2. The minimum absolute atomic E-state index is 0.188. The number of allylic oxidation sites excluding steroid dienone is 1. The van der Waals surface area contributed by atoms with Crippen LogP contribution in [0.25, 0.3) is 33.5 Å². The average molecular weight is 646 g/mol. The zero-order valence-electron chi connectivity index (χ0n) is 23.7. The number of para-hydroxylation sites is 1. The van der Waals surface area contributed by atoms with Crippen molar-refractivity contribution >= 4 is 44.0 Å². The van der Waals surface area contributed by atoms with E-state index in [4.69, 9.17) is 18.9 Å². The molecule has 2 heterocycles. The van der Waals surface area contributed by atoms with Crippen LogP contribution in [-0.2, 0) is 13.0 Å². The lowest BCUT2D eigenvalue weighted by atomic mass is 10.1. The Hall–Kier alpha value is -5.46. The maximum atomic E-state index is 13.7. The van der Waals surface area contributed by atoms with Gasteiger partial charge in [0.05, 0.1) is 35.9 Å². The number of hydrogen-bond donors (Lipinski definition) is 0. The summed E-state index contributed by atoms with van der Waals surface area (Å²) in [4.78, 5) is 18.5. The second kappa shape index (κ2) is 12.4. The minimum Gasteiger partial charge on any atom is -0.493 e. The number of nitriles is 1. The predicted octanol–water partition coefficient (Wildman–Crippen LogP) is 7.64. The van der Waals surface area contributed by atoms with E-state index in [1.807, 2.05) is 54.6 Å². The van der Waals surface area contributed by atoms with E-state index in [0.29, 0.717) is 51.3 Å². The molecule has 216 valence electrons. The zero-order valence-corrected chi connectivity index (χ0v) is 25.2. The first-order valence-corrected chi connectivity index (χ1v) is 14.5. The lowest BCUT2D eigenvalue weighted by Gasteiger charge is -2.16. The first kappa shape index (κ1) is 28.6. The van der Waals surface area contributed by atoms with Crippen LogP contribution >= 0.6 is 15.9 Å². The van der Waals surface area contributed by atoms with Gasteiger partial charge >= 0.3 is 0 Å². The number of fused-ring (bicyclic) bond motifs is 2. The largest absolute Gasteiger partial charge is 0.493 e. The fourth-order valence-corrected chi connectivity index (χ4v) is 5.30. The van der Waals surface area contributed by atoms with E-state index in [-0.39, 0.29) is 18.0 Å². The van der Waals surface area contributed by atoms with Crippen LogP contribution in [-0.4, -0.2) is 23.0 Å². The molecule has 4 aromatic carbocycles. The van der Waals surface area contributed by atoms with Crippen molar-refractivity contribution in [2.45, 2.75) is 13.0 Å². The van der Waals surface area contributed by atoms with Gasteiger partial charge in [0.2, 0.25) is 5.82 Å². The number of furan rings is 1. The van der Waals surface area contributed by atoms with Crippen LogP contribution in [0.4, 0.5) is 0 Å². The van der Waals surface area contributed by atoms with Gasteiger partial charge in [-0.25, -0.2) is 4.98 Å². The highest BCUT2D eigenvalue weighted by Crippen LogP contribution is 2.34. The van der Waals surface area contributed by atoms with E-state index in [9.17, 15) is 10.1 Å².